The van der Waals surface area contributed by atoms with Crippen LogP contribution in [0.4, 0.5) is 5.69 Å². The fourth-order valence-corrected chi connectivity index (χ4v) is 2.59. The molecule has 0 aliphatic rings. The van der Waals surface area contributed by atoms with Gasteiger partial charge in [0.1, 0.15) is 0 Å². The number of nitrogens with zero attached hydrogens (tertiary/aromatic N) is 1. The summed E-state index contributed by atoms with van der Waals surface area (Å²) >= 11 is 5.93. The van der Waals surface area contributed by atoms with Crippen molar-refractivity contribution in [2.45, 2.75) is 13.0 Å². The largest absolute Gasteiger partial charge is 0.490 e. The van der Waals surface area contributed by atoms with Gasteiger partial charge in [-0.05, 0) is 36.8 Å². The van der Waals surface area contributed by atoms with Crippen molar-refractivity contribution in [2.75, 3.05) is 13.7 Å². The van der Waals surface area contributed by atoms with E-state index in [4.69, 9.17) is 16.3 Å². The van der Waals surface area contributed by atoms with Crippen molar-refractivity contribution in [3.05, 3.63) is 68.7 Å². The summed E-state index contributed by atoms with van der Waals surface area (Å²) in [6, 6.07) is 10.6. The second-order valence-corrected chi connectivity index (χ2v) is 6.11. The summed E-state index contributed by atoms with van der Waals surface area (Å²) in [5.74, 6) is -0.963. The van der Waals surface area contributed by atoms with Gasteiger partial charge in [-0.15, -0.1) is 0 Å². The summed E-state index contributed by atoms with van der Waals surface area (Å²) in [5, 5.41) is 16.7. The van der Waals surface area contributed by atoms with Crippen LogP contribution < -0.4 is 15.4 Å². The third kappa shape index (κ3) is 5.42. The first kappa shape index (κ1) is 20.2. The Labute approximate surface area is 160 Å². The van der Waals surface area contributed by atoms with Crippen LogP contribution >= 0.6 is 11.6 Å². The molecule has 2 N–H and O–H groups in total. The van der Waals surface area contributed by atoms with E-state index in [2.05, 4.69) is 10.6 Å². The fourth-order valence-electron chi connectivity index (χ4n) is 2.39. The molecule has 2 aromatic rings. The van der Waals surface area contributed by atoms with E-state index in [0.29, 0.717) is 5.02 Å². The maximum Gasteiger partial charge on any atom is 0.311 e. The highest BCUT2D eigenvalue weighted by Gasteiger charge is 2.19. The Bertz CT molecular complexity index is 872. The van der Waals surface area contributed by atoms with Crippen molar-refractivity contribution in [3.8, 4) is 5.75 Å². The molecule has 0 radical (unpaired) electrons. The SMILES string of the molecule is COc1ccc(C(=O)NCC(=O)NC(C)c2cccc(Cl)c2)cc1[N+](=O)[O-]. The van der Waals surface area contributed by atoms with E-state index in [1.165, 1.54) is 19.2 Å². The number of rotatable bonds is 7. The number of methoxy groups -OCH3 is 1. The summed E-state index contributed by atoms with van der Waals surface area (Å²) in [6.07, 6.45) is 0. The van der Waals surface area contributed by atoms with Crippen LogP contribution in [0.3, 0.4) is 0 Å². The monoisotopic (exact) mass is 391 g/mol. The zero-order valence-electron chi connectivity index (χ0n) is 14.7. The molecule has 2 rings (SSSR count). The van der Waals surface area contributed by atoms with Crippen molar-refractivity contribution in [3.63, 3.8) is 0 Å². The second-order valence-electron chi connectivity index (χ2n) is 5.67. The number of carbonyl (C=O) groups is 2. The molecule has 27 heavy (non-hydrogen) atoms. The average molecular weight is 392 g/mol. The molecule has 1 unspecified atom stereocenters. The molecule has 0 aliphatic carbocycles. The molecule has 2 amide bonds. The molecule has 0 saturated heterocycles. The van der Waals surface area contributed by atoms with E-state index in [9.17, 15) is 19.7 Å². The number of carbonyl (C=O) groups excluding carboxylic acids is 2. The molecule has 9 heteroatoms. The fraction of sp³-hybridized carbons (Fsp3) is 0.222. The standard InChI is InChI=1S/C18H18ClN3O5/c1-11(12-4-3-5-14(19)8-12)21-17(23)10-20-18(24)13-6-7-16(27-2)15(9-13)22(25)26/h3-9,11H,10H2,1-2H3,(H,20,24)(H,21,23). The number of nitro groups is 1. The average Bonchev–Trinajstić information content (AvgIpc) is 2.65. The highest BCUT2D eigenvalue weighted by Crippen LogP contribution is 2.27. The van der Waals surface area contributed by atoms with Gasteiger partial charge in [-0.2, -0.15) is 0 Å². The highest BCUT2D eigenvalue weighted by atomic mass is 35.5. The van der Waals surface area contributed by atoms with Crippen LogP contribution in [0.15, 0.2) is 42.5 Å². The van der Waals surface area contributed by atoms with E-state index in [0.717, 1.165) is 11.6 Å². The predicted octanol–water partition coefficient (Wildman–Crippen LogP) is 2.86. The Balaban J connectivity index is 1.96. The van der Waals surface area contributed by atoms with Gasteiger partial charge in [0.25, 0.3) is 5.91 Å². The molecule has 2 aromatic carbocycles. The van der Waals surface area contributed by atoms with E-state index in [1.54, 1.807) is 25.1 Å². The van der Waals surface area contributed by atoms with Crippen LogP contribution in [-0.4, -0.2) is 30.4 Å². The maximum atomic E-state index is 12.2. The lowest BCUT2D eigenvalue weighted by molar-refractivity contribution is -0.385. The summed E-state index contributed by atoms with van der Waals surface area (Å²) < 4.78 is 4.89. The molecule has 0 saturated carbocycles. The lowest BCUT2D eigenvalue weighted by Crippen LogP contribution is -2.38. The number of hydrogen-bond donors (Lipinski definition) is 2. The third-order valence-corrected chi connectivity index (χ3v) is 4.01. The summed E-state index contributed by atoms with van der Waals surface area (Å²) in [5.41, 5.74) is 0.551. The van der Waals surface area contributed by atoms with Crippen LogP contribution in [0, 0.1) is 10.1 Å². The third-order valence-electron chi connectivity index (χ3n) is 3.77. The lowest BCUT2D eigenvalue weighted by Gasteiger charge is -2.15. The predicted molar refractivity (Wildman–Crippen MR) is 100.0 cm³/mol. The first-order valence-corrected chi connectivity index (χ1v) is 8.35. The summed E-state index contributed by atoms with van der Waals surface area (Å²) in [7, 11) is 1.30. The molecule has 0 bridgehead atoms. The summed E-state index contributed by atoms with van der Waals surface area (Å²) in [6.45, 7) is 1.52. The molecule has 8 nitrogen and oxygen atoms in total. The normalized spacial score (nSPS) is 11.4. The number of hydrogen-bond acceptors (Lipinski definition) is 5. The van der Waals surface area contributed by atoms with Gasteiger partial charge in [0.05, 0.1) is 24.6 Å². The van der Waals surface area contributed by atoms with Crippen LogP contribution in [0.25, 0.3) is 0 Å². The van der Waals surface area contributed by atoms with E-state index in [1.807, 2.05) is 6.07 Å². The van der Waals surface area contributed by atoms with Gasteiger partial charge in [0.15, 0.2) is 5.75 Å². The van der Waals surface area contributed by atoms with Crippen LogP contribution in [0.5, 0.6) is 5.75 Å². The molecular formula is C18H18ClN3O5. The molecule has 1 atom stereocenters. The topological polar surface area (TPSA) is 111 Å². The first-order chi connectivity index (χ1) is 12.8. The quantitative estimate of drug-likeness (QED) is 0.557. The molecule has 0 heterocycles. The van der Waals surface area contributed by atoms with E-state index < -0.39 is 16.7 Å². The van der Waals surface area contributed by atoms with Gasteiger partial charge in [-0.3, -0.25) is 19.7 Å². The molecular weight excluding hydrogens is 374 g/mol. The number of halogens is 1. The minimum Gasteiger partial charge on any atom is -0.490 e. The smallest absolute Gasteiger partial charge is 0.311 e. The Morgan fingerprint density at radius 1 is 1.26 bits per heavy atom. The van der Waals surface area contributed by atoms with Gasteiger partial charge < -0.3 is 15.4 Å². The Hall–Kier alpha value is -3.13. The highest BCUT2D eigenvalue weighted by molar-refractivity contribution is 6.30. The molecule has 0 spiro atoms. The van der Waals surface area contributed by atoms with Crippen molar-refractivity contribution in [2.24, 2.45) is 0 Å². The van der Waals surface area contributed by atoms with Gasteiger partial charge in [-0.25, -0.2) is 0 Å². The minimum atomic E-state index is -0.644. The van der Waals surface area contributed by atoms with Crippen LogP contribution in [0.1, 0.15) is 28.9 Å². The van der Waals surface area contributed by atoms with Crippen molar-refractivity contribution in [1.29, 1.82) is 0 Å². The van der Waals surface area contributed by atoms with Crippen molar-refractivity contribution >= 4 is 29.1 Å². The van der Waals surface area contributed by atoms with E-state index >= 15 is 0 Å². The van der Waals surface area contributed by atoms with E-state index in [-0.39, 0.29) is 29.6 Å². The maximum absolute atomic E-state index is 12.2. The Morgan fingerprint density at radius 3 is 2.63 bits per heavy atom. The Kier molecular flexibility index (Phi) is 6.73. The number of benzene rings is 2. The number of nitro benzene ring substituents is 1. The zero-order chi connectivity index (χ0) is 20.0. The lowest BCUT2D eigenvalue weighted by atomic mass is 10.1. The molecule has 0 fully saturated rings. The van der Waals surface area contributed by atoms with Gasteiger partial charge in [0.2, 0.25) is 5.91 Å². The number of ether oxygens (including phenoxy) is 1. The van der Waals surface area contributed by atoms with Crippen LogP contribution in [0.2, 0.25) is 5.02 Å². The first-order valence-electron chi connectivity index (χ1n) is 7.97. The van der Waals surface area contributed by atoms with Gasteiger partial charge in [-0.1, -0.05) is 23.7 Å². The molecule has 142 valence electrons. The second kappa shape index (κ2) is 9.00. The molecule has 0 aromatic heterocycles. The number of amides is 2. The van der Waals surface area contributed by atoms with Gasteiger partial charge >= 0.3 is 5.69 Å². The minimum absolute atomic E-state index is 0.0460. The summed E-state index contributed by atoms with van der Waals surface area (Å²) in [4.78, 5) is 34.6. The number of nitrogens with one attached hydrogen (secondary N) is 2. The Morgan fingerprint density at radius 2 is 2.00 bits per heavy atom. The van der Waals surface area contributed by atoms with Crippen molar-refractivity contribution in [1.82, 2.24) is 10.6 Å². The van der Waals surface area contributed by atoms with Gasteiger partial charge in [0, 0.05) is 16.7 Å². The molecule has 0 aliphatic heterocycles. The van der Waals surface area contributed by atoms with Crippen LogP contribution in [-0.2, 0) is 4.79 Å². The van der Waals surface area contributed by atoms with Crippen molar-refractivity contribution < 1.29 is 19.2 Å². The zero-order valence-corrected chi connectivity index (χ0v) is 15.4.